The third-order valence-electron chi connectivity index (χ3n) is 1.22. The second-order valence-corrected chi connectivity index (χ2v) is 1.99. The highest BCUT2D eigenvalue weighted by Crippen LogP contribution is 2.06. The number of ketones is 1. The molecule has 1 aromatic rings. The summed E-state index contributed by atoms with van der Waals surface area (Å²) < 4.78 is 0. The molecule has 0 aromatic carbocycles. The van der Waals surface area contributed by atoms with Crippen molar-refractivity contribution in [2.24, 2.45) is 0 Å². The third kappa shape index (κ3) is 2.04. The predicted molar refractivity (Wildman–Crippen MR) is 45.4 cm³/mol. The molecule has 0 saturated carbocycles. The van der Waals surface area contributed by atoms with Gasteiger partial charge in [0.25, 0.3) is 0 Å². The average molecular weight is 152 g/mol. The Morgan fingerprint density at radius 3 is 2.64 bits per heavy atom. The summed E-state index contributed by atoms with van der Waals surface area (Å²) in [6.45, 7) is 1.47. The number of carbonyl (C=O) groups is 1. The summed E-state index contributed by atoms with van der Waals surface area (Å²) in [4.78, 5) is 14.5. The second-order valence-electron chi connectivity index (χ2n) is 1.99. The molecule has 0 unspecified atom stereocenters. The number of hydrogen-bond donors (Lipinski definition) is 1. The van der Waals surface area contributed by atoms with Crippen molar-refractivity contribution in [3.05, 3.63) is 23.9 Å². The van der Waals surface area contributed by atoms with Crippen LogP contribution in [0.15, 0.2) is 18.3 Å². The van der Waals surface area contributed by atoms with E-state index >= 15 is 0 Å². The number of anilines is 1. The van der Waals surface area contributed by atoms with Gasteiger partial charge in [0.1, 0.15) is 5.82 Å². The molecule has 0 radical (unpaired) electrons. The van der Waals surface area contributed by atoms with Crippen LogP contribution in [0.25, 0.3) is 0 Å². The Morgan fingerprint density at radius 2 is 2.27 bits per heavy atom. The first-order valence-corrected chi connectivity index (χ1v) is 2.93. The molecule has 1 aromatic heterocycles. The number of Topliss-reactive ketones (excluding diaryl/α,β-unsaturated/α-hetero) is 1. The van der Waals surface area contributed by atoms with Crippen molar-refractivity contribution in [3.63, 3.8) is 0 Å². The van der Waals surface area contributed by atoms with Gasteiger partial charge in [-0.25, -0.2) is 4.98 Å². The topological polar surface area (TPSA) is 56.0 Å². The van der Waals surface area contributed by atoms with Crippen LogP contribution in [0.5, 0.6) is 0 Å². The van der Waals surface area contributed by atoms with Gasteiger partial charge in [0.2, 0.25) is 0 Å². The molecule has 1 rings (SSSR count). The SMILES string of the molecule is C.CC(=O)c1cccnc1N. The Hall–Kier alpha value is -1.38. The minimum atomic E-state index is -0.0504. The highest BCUT2D eigenvalue weighted by atomic mass is 16.1. The van der Waals surface area contributed by atoms with Crippen LogP contribution in [0.2, 0.25) is 0 Å². The summed E-state index contributed by atoms with van der Waals surface area (Å²) >= 11 is 0. The first-order valence-electron chi connectivity index (χ1n) is 2.93. The van der Waals surface area contributed by atoms with Crippen LogP contribution >= 0.6 is 0 Å². The largest absolute Gasteiger partial charge is 0.383 e. The number of aromatic nitrogens is 1. The lowest BCUT2D eigenvalue weighted by Crippen LogP contribution is -2.00. The maximum Gasteiger partial charge on any atom is 0.163 e. The van der Waals surface area contributed by atoms with Crippen LogP contribution < -0.4 is 5.73 Å². The number of carbonyl (C=O) groups excluding carboxylic acids is 1. The van der Waals surface area contributed by atoms with E-state index in [-0.39, 0.29) is 13.2 Å². The van der Waals surface area contributed by atoms with Crippen molar-refractivity contribution >= 4 is 11.6 Å². The molecular weight excluding hydrogens is 140 g/mol. The zero-order chi connectivity index (χ0) is 7.56. The number of pyridine rings is 1. The van der Waals surface area contributed by atoms with E-state index in [4.69, 9.17) is 5.73 Å². The molecule has 0 amide bonds. The van der Waals surface area contributed by atoms with E-state index in [1.165, 1.54) is 6.92 Å². The number of nitrogens with zero attached hydrogens (tertiary/aromatic N) is 1. The first kappa shape index (κ1) is 9.62. The summed E-state index contributed by atoms with van der Waals surface area (Å²) in [6.07, 6.45) is 1.56. The van der Waals surface area contributed by atoms with Gasteiger partial charge in [0, 0.05) is 6.20 Å². The number of hydrogen-bond acceptors (Lipinski definition) is 3. The quantitative estimate of drug-likeness (QED) is 0.620. The van der Waals surface area contributed by atoms with E-state index in [2.05, 4.69) is 4.98 Å². The Kier molecular flexibility index (Phi) is 3.24. The van der Waals surface area contributed by atoms with Gasteiger partial charge in [-0.1, -0.05) is 7.43 Å². The van der Waals surface area contributed by atoms with Gasteiger partial charge >= 0.3 is 0 Å². The van der Waals surface area contributed by atoms with Crippen LogP contribution in [-0.4, -0.2) is 10.8 Å². The van der Waals surface area contributed by atoms with Crippen LogP contribution in [-0.2, 0) is 0 Å². The predicted octanol–water partition coefficient (Wildman–Crippen LogP) is 1.50. The molecule has 11 heavy (non-hydrogen) atoms. The van der Waals surface area contributed by atoms with Gasteiger partial charge in [-0.3, -0.25) is 4.79 Å². The molecule has 0 saturated heterocycles. The summed E-state index contributed by atoms with van der Waals surface area (Å²) in [7, 11) is 0. The Labute approximate surface area is 66.3 Å². The highest BCUT2D eigenvalue weighted by Gasteiger charge is 2.01. The smallest absolute Gasteiger partial charge is 0.163 e. The molecule has 0 bridgehead atoms. The molecule has 0 fully saturated rings. The fourth-order valence-electron chi connectivity index (χ4n) is 0.715. The van der Waals surface area contributed by atoms with E-state index < -0.39 is 0 Å². The van der Waals surface area contributed by atoms with Crippen LogP contribution in [0.3, 0.4) is 0 Å². The Balaban J connectivity index is 0.000001000. The van der Waals surface area contributed by atoms with Crippen molar-refractivity contribution in [2.75, 3.05) is 5.73 Å². The van der Waals surface area contributed by atoms with Crippen molar-refractivity contribution in [1.82, 2.24) is 4.98 Å². The molecular formula is C8H12N2O. The molecule has 1 heterocycles. The standard InChI is InChI=1S/C7H8N2O.CH4/c1-5(10)6-3-2-4-9-7(6)8;/h2-4H,1H3,(H2,8,9);1H4. The summed E-state index contributed by atoms with van der Waals surface area (Å²) in [6, 6.07) is 3.34. The number of nitrogen functional groups attached to an aromatic ring is 1. The number of rotatable bonds is 1. The van der Waals surface area contributed by atoms with Gasteiger partial charge in [-0.2, -0.15) is 0 Å². The minimum absolute atomic E-state index is 0. The van der Waals surface area contributed by atoms with E-state index in [1.54, 1.807) is 18.3 Å². The lowest BCUT2D eigenvalue weighted by atomic mass is 10.2. The molecule has 0 aliphatic carbocycles. The maximum absolute atomic E-state index is 10.7. The monoisotopic (exact) mass is 152 g/mol. The van der Waals surface area contributed by atoms with Crippen molar-refractivity contribution in [2.45, 2.75) is 14.4 Å². The summed E-state index contributed by atoms with van der Waals surface area (Å²) in [5.41, 5.74) is 5.88. The molecule has 60 valence electrons. The molecule has 3 nitrogen and oxygen atoms in total. The second kappa shape index (κ2) is 3.71. The highest BCUT2D eigenvalue weighted by molar-refractivity contribution is 5.98. The third-order valence-corrected chi connectivity index (χ3v) is 1.22. The summed E-state index contributed by atoms with van der Waals surface area (Å²) in [5.74, 6) is 0.251. The molecule has 0 aliphatic heterocycles. The van der Waals surface area contributed by atoms with Gasteiger partial charge < -0.3 is 5.73 Å². The molecule has 0 atom stereocenters. The molecule has 0 spiro atoms. The van der Waals surface area contributed by atoms with E-state index in [1.807, 2.05) is 0 Å². The summed E-state index contributed by atoms with van der Waals surface area (Å²) in [5, 5.41) is 0. The first-order chi connectivity index (χ1) is 4.72. The Morgan fingerprint density at radius 1 is 1.64 bits per heavy atom. The van der Waals surface area contributed by atoms with Crippen molar-refractivity contribution in [3.8, 4) is 0 Å². The Bertz CT molecular complexity index is 258. The fraction of sp³-hybridized carbons (Fsp3) is 0.250. The normalized spacial score (nSPS) is 8.45. The maximum atomic E-state index is 10.7. The van der Waals surface area contributed by atoms with E-state index in [0.29, 0.717) is 11.4 Å². The lowest BCUT2D eigenvalue weighted by Gasteiger charge is -1.96. The van der Waals surface area contributed by atoms with E-state index in [9.17, 15) is 4.79 Å². The van der Waals surface area contributed by atoms with Crippen LogP contribution in [0, 0.1) is 0 Å². The molecule has 3 heteroatoms. The van der Waals surface area contributed by atoms with Crippen LogP contribution in [0.1, 0.15) is 24.7 Å². The molecule has 0 aliphatic rings. The molecule has 2 N–H and O–H groups in total. The van der Waals surface area contributed by atoms with E-state index in [0.717, 1.165) is 0 Å². The van der Waals surface area contributed by atoms with Crippen LogP contribution in [0.4, 0.5) is 5.82 Å². The van der Waals surface area contributed by atoms with Gasteiger partial charge in [0.05, 0.1) is 5.56 Å². The van der Waals surface area contributed by atoms with Gasteiger partial charge in [0.15, 0.2) is 5.78 Å². The van der Waals surface area contributed by atoms with Gasteiger partial charge in [-0.15, -0.1) is 0 Å². The van der Waals surface area contributed by atoms with Crippen molar-refractivity contribution in [1.29, 1.82) is 0 Å². The fourth-order valence-corrected chi connectivity index (χ4v) is 0.715. The van der Waals surface area contributed by atoms with Crippen molar-refractivity contribution < 1.29 is 4.79 Å². The minimum Gasteiger partial charge on any atom is -0.383 e. The number of nitrogens with two attached hydrogens (primary N) is 1. The zero-order valence-electron chi connectivity index (χ0n) is 5.66. The zero-order valence-corrected chi connectivity index (χ0v) is 5.66. The average Bonchev–Trinajstić information content (AvgIpc) is 1.88. The van der Waals surface area contributed by atoms with Gasteiger partial charge in [-0.05, 0) is 19.1 Å². The lowest BCUT2D eigenvalue weighted by molar-refractivity contribution is 0.101.